The van der Waals surface area contributed by atoms with Crippen molar-refractivity contribution in [2.24, 2.45) is 0 Å². The van der Waals surface area contributed by atoms with Gasteiger partial charge >= 0.3 is 0 Å². The Balaban J connectivity index is 1.97. The van der Waals surface area contributed by atoms with Crippen LogP contribution in [0.4, 0.5) is 0 Å². The number of nitrogens with zero attached hydrogens (tertiary/aromatic N) is 2. The average molecular weight is 309 g/mol. The minimum atomic E-state index is -0.507. The van der Waals surface area contributed by atoms with Gasteiger partial charge in [-0.3, -0.25) is 10.0 Å². The summed E-state index contributed by atoms with van der Waals surface area (Å²) in [5, 5.41) is 8.67. The monoisotopic (exact) mass is 309 g/mol. The molecule has 1 amide bonds. The average Bonchev–Trinajstić information content (AvgIpc) is 2.94. The molecule has 0 atom stereocenters. The summed E-state index contributed by atoms with van der Waals surface area (Å²) in [7, 11) is 0. The number of carbonyl (C=O) groups excluding carboxylic acids is 1. The van der Waals surface area contributed by atoms with Crippen LogP contribution in [0.25, 0.3) is 11.0 Å². The van der Waals surface area contributed by atoms with E-state index in [0.717, 1.165) is 22.4 Å². The number of rotatable bonds is 4. The zero-order valence-corrected chi connectivity index (χ0v) is 13.2. The molecule has 3 aromatic rings. The Morgan fingerprint density at radius 1 is 1.17 bits per heavy atom. The Morgan fingerprint density at radius 3 is 2.52 bits per heavy atom. The highest BCUT2D eigenvalue weighted by atomic mass is 16.5. The number of imidazole rings is 1. The standard InChI is InChI=1S/C18H19N3O2/c1-12(2)17-19-15-5-3-4-6-16(15)21(17)11-13-7-9-14(10-8-13)18(22)20-23/h3-10,12,23H,11H2,1-2H3,(H,20,22). The van der Waals surface area contributed by atoms with E-state index in [1.807, 2.05) is 30.3 Å². The molecule has 1 aromatic heterocycles. The van der Waals surface area contributed by atoms with Crippen LogP contribution in [-0.2, 0) is 6.54 Å². The van der Waals surface area contributed by atoms with Gasteiger partial charge in [0.05, 0.1) is 11.0 Å². The fraction of sp³-hybridized carbons (Fsp3) is 0.222. The Hall–Kier alpha value is -2.66. The van der Waals surface area contributed by atoms with E-state index in [1.165, 1.54) is 0 Å². The number of nitrogens with one attached hydrogen (secondary N) is 1. The maximum absolute atomic E-state index is 11.4. The van der Waals surface area contributed by atoms with Gasteiger partial charge in [-0.15, -0.1) is 0 Å². The molecule has 0 unspecified atom stereocenters. The van der Waals surface area contributed by atoms with Crippen LogP contribution in [0.1, 0.15) is 41.5 Å². The highest BCUT2D eigenvalue weighted by molar-refractivity contribution is 5.93. The molecule has 1 heterocycles. The molecule has 23 heavy (non-hydrogen) atoms. The predicted molar refractivity (Wildman–Crippen MR) is 88.6 cm³/mol. The summed E-state index contributed by atoms with van der Waals surface area (Å²) < 4.78 is 2.21. The molecule has 5 heteroatoms. The van der Waals surface area contributed by atoms with Gasteiger partial charge in [-0.1, -0.05) is 38.1 Å². The first-order valence-electron chi connectivity index (χ1n) is 7.58. The van der Waals surface area contributed by atoms with E-state index in [4.69, 9.17) is 10.2 Å². The van der Waals surface area contributed by atoms with E-state index >= 15 is 0 Å². The number of hydrogen-bond donors (Lipinski definition) is 2. The molecular weight excluding hydrogens is 290 g/mol. The minimum absolute atomic E-state index is 0.321. The van der Waals surface area contributed by atoms with Crippen LogP contribution >= 0.6 is 0 Å². The molecular formula is C18H19N3O2. The summed E-state index contributed by atoms with van der Waals surface area (Å²) in [6.45, 7) is 4.95. The summed E-state index contributed by atoms with van der Waals surface area (Å²) in [5.41, 5.74) is 5.24. The summed E-state index contributed by atoms with van der Waals surface area (Å²) in [6.07, 6.45) is 0. The van der Waals surface area contributed by atoms with Gasteiger partial charge in [0.15, 0.2) is 0 Å². The molecule has 0 aliphatic rings. The van der Waals surface area contributed by atoms with Gasteiger partial charge in [-0.05, 0) is 29.8 Å². The molecule has 0 saturated heterocycles. The fourth-order valence-electron chi connectivity index (χ4n) is 2.71. The van der Waals surface area contributed by atoms with Crippen molar-refractivity contribution < 1.29 is 10.0 Å². The largest absolute Gasteiger partial charge is 0.323 e. The maximum atomic E-state index is 11.4. The van der Waals surface area contributed by atoms with Gasteiger partial charge in [0.2, 0.25) is 0 Å². The molecule has 2 N–H and O–H groups in total. The molecule has 0 aliphatic carbocycles. The van der Waals surface area contributed by atoms with Crippen LogP contribution in [0.2, 0.25) is 0 Å². The topological polar surface area (TPSA) is 67.2 Å². The predicted octanol–water partition coefficient (Wildman–Crippen LogP) is 3.33. The molecule has 2 aromatic carbocycles. The molecule has 0 aliphatic heterocycles. The van der Waals surface area contributed by atoms with Gasteiger partial charge < -0.3 is 4.57 Å². The number of fused-ring (bicyclic) bond motifs is 1. The van der Waals surface area contributed by atoms with E-state index in [9.17, 15) is 4.79 Å². The first-order chi connectivity index (χ1) is 11.1. The number of benzene rings is 2. The van der Waals surface area contributed by atoms with Gasteiger partial charge in [0, 0.05) is 18.0 Å². The van der Waals surface area contributed by atoms with E-state index in [1.54, 1.807) is 17.6 Å². The zero-order chi connectivity index (χ0) is 16.4. The zero-order valence-electron chi connectivity index (χ0n) is 13.2. The highest BCUT2D eigenvalue weighted by Gasteiger charge is 2.13. The number of hydrogen-bond acceptors (Lipinski definition) is 3. The van der Waals surface area contributed by atoms with E-state index in [-0.39, 0.29) is 0 Å². The molecule has 0 bridgehead atoms. The van der Waals surface area contributed by atoms with Crippen LogP contribution in [0.3, 0.4) is 0 Å². The number of carbonyl (C=O) groups is 1. The van der Waals surface area contributed by atoms with Crippen molar-refractivity contribution in [2.75, 3.05) is 0 Å². The van der Waals surface area contributed by atoms with Crippen LogP contribution in [0.5, 0.6) is 0 Å². The molecule has 0 fully saturated rings. The van der Waals surface area contributed by atoms with Crippen molar-refractivity contribution in [1.82, 2.24) is 15.0 Å². The lowest BCUT2D eigenvalue weighted by Gasteiger charge is -2.12. The van der Waals surface area contributed by atoms with E-state index < -0.39 is 5.91 Å². The maximum Gasteiger partial charge on any atom is 0.274 e. The summed E-state index contributed by atoms with van der Waals surface area (Å²) in [5.74, 6) is 0.859. The fourth-order valence-corrected chi connectivity index (χ4v) is 2.71. The lowest BCUT2D eigenvalue weighted by atomic mass is 10.1. The Kier molecular flexibility index (Phi) is 4.12. The van der Waals surface area contributed by atoms with Crippen LogP contribution in [0.15, 0.2) is 48.5 Å². The normalized spacial score (nSPS) is 11.1. The molecule has 0 saturated carbocycles. The minimum Gasteiger partial charge on any atom is -0.323 e. The quantitative estimate of drug-likeness (QED) is 0.574. The van der Waals surface area contributed by atoms with Crippen molar-refractivity contribution >= 4 is 16.9 Å². The smallest absolute Gasteiger partial charge is 0.274 e. The Bertz CT molecular complexity index is 835. The molecule has 0 radical (unpaired) electrons. The summed E-state index contributed by atoms with van der Waals surface area (Å²) >= 11 is 0. The van der Waals surface area contributed by atoms with Gasteiger partial charge in [-0.2, -0.15) is 0 Å². The van der Waals surface area contributed by atoms with Crippen molar-refractivity contribution in [1.29, 1.82) is 0 Å². The Morgan fingerprint density at radius 2 is 1.87 bits per heavy atom. The second kappa shape index (κ2) is 6.22. The summed E-state index contributed by atoms with van der Waals surface area (Å²) in [4.78, 5) is 16.1. The third-order valence-electron chi connectivity index (χ3n) is 3.86. The van der Waals surface area contributed by atoms with Gasteiger partial charge in [0.1, 0.15) is 5.82 Å². The second-order valence-electron chi connectivity index (χ2n) is 5.84. The molecule has 5 nitrogen and oxygen atoms in total. The SMILES string of the molecule is CC(C)c1nc2ccccc2n1Cc1ccc(C(=O)NO)cc1. The van der Waals surface area contributed by atoms with Crippen molar-refractivity contribution in [3.8, 4) is 0 Å². The van der Waals surface area contributed by atoms with Gasteiger partial charge in [-0.25, -0.2) is 10.5 Å². The first-order valence-corrected chi connectivity index (χ1v) is 7.58. The lowest BCUT2D eigenvalue weighted by molar-refractivity contribution is 0.0706. The van der Waals surface area contributed by atoms with Crippen molar-refractivity contribution in [3.63, 3.8) is 0 Å². The number of amides is 1. The van der Waals surface area contributed by atoms with Crippen molar-refractivity contribution in [3.05, 3.63) is 65.5 Å². The first kappa shape index (κ1) is 15.2. The van der Waals surface area contributed by atoms with E-state index in [2.05, 4.69) is 24.5 Å². The Labute approximate surface area is 134 Å². The third kappa shape index (κ3) is 2.96. The van der Waals surface area contributed by atoms with Crippen LogP contribution in [-0.4, -0.2) is 20.7 Å². The number of para-hydroxylation sites is 2. The number of aromatic nitrogens is 2. The van der Waals surface area contributed by atoms with Crippen molar-refractivity contribution in [2.45, 2.75) is 26.3 Å². The molecule has 118 valence electrons. The van der Waals surface area contributed by atoms with Crippen LogP contribution in [0, 0.1) is 0 Å². The van der Waals surface area contributed by atoms with Crippen LogP contribution < -0.4 is 5.48 Å². The third-order valence-corrected chi connectivity index (χ3v) is 3.86. The van der Waals surface area contributed by atoms with E-state index in [0.29, 0.717) is 18.0 Å². The molecule has 3 rings (SSSR count). The lowest BCUT2D eigenvalue weighted by Crippen LogP contribution is -2.18. The van der Waals surface area contributed by atoms with Gasteiger partial charge in [0.25, 0.3) is 5.91 Å². The highest BCUT2D eigenvalue weighted by Crippen LogP contribution is 2.23. The summed E-state index contributed by atoms with van der Waals surface area (Å²) in [6, 6.07) is 15.3. The second-order valence-corrected chi connectivity index (χ2v) is 5.84. The molecule has 0 spiro atoms. The number of hydroxylamine groups is 1.